The first-order chi connectivity index (χ1) is 13.5. The highest BCUT2D eigenvalue weighted by atomic mass is 16.2. The quantitative estimate of drug-likeness (QED) is 0.832. The average molecular weight is 377 g/mol. The first-order valence-electron chi connectivity index (χ1n) is 9.52. The molecule has 2 aromatic rings. The molecule has 1 fully saturated rings. The van der Waals surface area contributed by atoms with Gasteiger partial charge < -0.3 is 10.2 Å². The van der Waals surface area contributed by atoms with Crippen molar-refractivity contribution in [3.05, 3.63) is 71.3 Å². The second-order valence-electron chi connectivity index (χ2n) is 7.47. The first-order valence-corrected chi connectivity index (χ1v) is 9.52. The lowest BCUT2D eigenvalue weighted by atomic mass is 9.76. The minimum atomic E-state index is -1.04. The molecule has 0 bridgehead atoms. The van der Waals surface area contributed by atoms with E-state index in [1.54, 1.807) is 7.05 Å². The molecule has 28 heavy (non-hydrogen) atoms. The molecule has 6 nitrogen and oxygen atoms in total. The van der Waals surface area contributed by atoms with Gasteiger partial charge in [-0.15, -0.1) is 0 Å². The molecule has 144 valence electrons. The second kappa shape index (κ2) is 7.11. The highest BCUT2D eigenvalue weighted by molar-refractivity contribution is 6.09. The van der Waals surface area contributed by atoms with Crippen LogP contribution in [0.4, 0.5) is 4.79 Å². The van der Waals surface area contributed by atoms with Crippen LogP contribution in [0.2, 0.25) is 0 Å². The van der Waals surface area contributed by atoms with Crippen molar-refractivity contribution in [2.24, 2.45) is 0 Å². The normalized spacial score (nSPS) is 20.8. The van der Waals surface area contributed by atoms with Gasteiger partial charge in [-0.1, -0.05) is 54.6 Å². The predicted octanol–water partition coefficient (Wildman–Crippen LogP) is 2.43. The molecule has 1 aliphatic heterocycles. The number of amides is 4. The number of carbonyl (C=O) groups is 3. The zero-order valence-corrected chi connectivity index (χ0v) is 15.9. The number of imide groups is 1. The Balaban J connectivity index is 1.52. The summed E-state index contributed by atoms with van der Waals surface area (Å²) in [7, 11) is 1.68. The number of nitrogens with zero attached hydrogens (tertiary/aromatic N) is 2. The van der Waals surface area contributed by atoms with E-state index in [9.17, 15) is 14.4 Å². The minimum Gasteiger partial charge on any atom is -0.340 e. The Kier molecular flexibility index (Phi) is 4.63. The van der Waals surface area contributed by atoms with Crippen LogP contribution < -0.4 is 5.32 Å². The molecule has 1 heterocycles. The second-order valence-corrected chi connectivity index (χ2v) is 7.47. The third-order valence-electron chi connectivity index (χ3n) is 5.63. The van der Waals surface area contributed by atoms with E-state index in [0.29, 0.717) is 13.0 Å². The molecule has 0 radical (unpaired) electrons. The van der Waals surface area contributed by atoms with E-state index in [1.807, 2.05) is 54.6 Å². The van der Waals surface area contributed by atoms with Crippen LogP contribution in [0, 0.1) is 0 Å². The molecule has 1 atom stereocenters. The van der Waals surface area contributed by atoms with Gasteiger partial charge in [0.25, 0.3) is 5.91 Å². The number of carbonyl (C=O) groups excluding carboxylic acids is 3. The maximum Gasteiger partial charge on any atom is 0.325 e. The molecule has 1 N–H and O–H groups in total. The number of nitrogens with one attached hydrogen (secondary N) is 1. The van der Waals surface area contributed by atoms with Gasteiger partial charge in [0.05, 0.1) is 0 Å². The zero-order chi connectivity index (χ0) is 19.7. The van der Waals surface area contributed by atoms with Crippen LogP contribution in [0.3, 0.4) is 0 Å². The summed E-state index contributed by atoms with van der Waals surface area (Å²) < 4.78 is 0. The fraction of sp³-hybridized carbons (Fsp3) is 0.318. The molecule has 1 unspecified atom stereocenters. The number of urea groups is 1. The highest BCUT2D eigenvalue weighted by Crippen LogP contribution is 2.39. The summed E-state index contributed by atoms with van der Waals surface area (Å²) in [5.74, 6) is -0.598. The lowest BCUT2D eigenvalue weighted by Gasteiger charge is -2.33. The van der Waals surface area contributed by atoms with Crippen molar-refractivity contribution in [1.29, 1.82) is 0 Å². The number of likely N-dealkylation sites (N-methyl/N-ethyl adjacent to an activating group) is 1. The van der Waals surface area contributed by atoms with Gasteiger partial charge in [-0.2, -0.15) is 0 Å². The van der Waals surface area contributed by atoms with Crippen molar-refractivity contribution in [2.75, 3.05) is 13.6 Å². The molecule has 2 aromatic carbocycles. The molecule has 1 spiro atoms. The third kappa shape index (κ3) is 3.05. The van der Waals surface area contributed by atoms with Gasteiger partial charge in [-0.3, -0.25) is 14.5 Å². The number of hydrogen-bond acceptors (Lipinski definition) is 3. The maximum absolute atomic E-state index is 13.2. The van der Waals surface area contributed by atoms with Crippen LogP contribution in [0.5, 0.6) is 0 Å². The Labute approximate surface area is 164 Å². The summed E-state index contributed by atoms with van der Waals surface area (Å²) in [5.41, 5.74) is 1.89. The van der Waals surface area contributed by atoms with Crippen LogP contribution in [-0.2, 0) is 28.1 Å². The monoisotopic (exact) mass is 377 g/mol. The van der Waals surface area contributed by atoms with Crippen molar-refractivity contribution < 1.29 is 14.4 Å². The summed E-state index contributed by atoms with van der Waals surface area (Å²) >= 11 is 0. The summed E-state index contributed by atoms with van der Waals surface area (Å²) in [6.07, 6.45) is 2.26. The molecule has 6 heteroatoms. The standard InChI is InChI=1S/C22H23N3O3/c1-24(14-16-8-3-2-4-9-16)19(26)15-25-20(27)22(23-21(25)28)13-7-11-17-10-5-6-12-18(17)22/h2-6,8-10,12H,7,11,13-15H2,1H3,(H,23,28). The SMILES string of the molecule is CN(Cc1ccccc1)C(=O)CN1C(=O)NC2(CCCc3ccccc32)C1=O. The van der Waals surface area contributed by atoms with Gasteiger partial charge >= 0.3 is 6.03 Å². The maximum atomic E-state index is 13.2. The van der Waals surface area contributed by atoms with E-state index in [1.165, 1.54) is 4.90 Å². The first kappa shape index (κ1) is 18.2. The number of hydrogen-bond donors (Lipinski definition) is 1. The molecule has 4 rings (SSSR count). The molecule has 1 saturated heterocycles. The summed E-state index contributed by atoms with van der Waals surface area (Å²) in [6, 6.07) is 16.8. The van der Waals surface area contributed by atoms with Crippen molar-refractivity contribution >= 4 is 17.8 Å². The molecular weight excluding hydrogens is 354 g/mol. The van der Waals surface area contributed by atoms with Crippen molar-refractivity contribution in [3.63, 3.8) is 0 Å². The highest BCUT2D eigenvalue weighted by Gasteiger charge is 2.54. The van der Waals surface area contributed by atoms with Gasteiger partial charge in [-0.25, -0.2) is 4.79 Å². The van der Waals surface area contributed by atoms with Gasteiger partial charge in [0, 0.05) is 13.6 Å². The molecule has 0 aromatic heterocycles. The van der Waals surface area contributed by atoms with Gasteiger partial charge in [0.2, 0.25) is 5.91 Å². The number of benzene rings is 2. The summed E-state index contributed by atoms with van der Waals surface area (Å²) in [5, 5.41) is 2.89. The van der Waals surface area contributed by atoms with Crippen LogP contribution in [0.25, 0.3) is 0 Å². The fourth-order valence-electron chi connectivity index (χ4n) is 4.16. The Hall–Kier alpha value is -3.15. The smallest absolute Gasteiger partial charge is 0.325 e. The molecule has 1 aliphatic carbocycles. The van der Waals surface area contributed by atoms with E-state index in [-0.39, 0.29) is 18.4 Å². The number of aryl methyl sites for hydroxylation is 1. The minimum absolute atomic E-state index is 0.252. The van der Waals surface area contributed by atoms with E-state index in [2.05, 4.69) is 5.32 Å². The van der Waals surface area contributed by atoms with E-state index in [4.69, 9.17) is 0 Å². The fourth-order valence-corrected chi connectivity index (χ4v) is 4.16. The Morgan fingerprint density at radius 1 is 1.11 bits per heavy atom. The van der Waals surface area contributed by atoms with Crippen LogP contribution >= 0.6 is 0 Å². The van der Waals surface area contributed by atoms with Crippen molar-refractivity contribution in [2.45, 2.75) is 31.3 Å². The van der Waals surface area contributed by atoms with Crippen molar-refractivity contribution in [3.8, 4) is 0 Å². The number of fused-ring (bicyclic) bond motifs is 2. The lowest BCUT2D eigenvalue weighted by Crippen LogP contribution is -2.47. The van der Waals surface area contributed by atoms with Crippen LogP contribution in [0.1, 0.15) is 29.5 Å². The molecule has 4 amide bonds. The van der Waals surface area contributed by atoms with Gasteiger partial charge in [0.15, 0.2) is 0 Å². The Morgan fingerprint density at radius 3 is 2.61 bits per heavy atom. The summed E-state index contributed by atoms with van der Waals surface area (Å²) in [6.45, 7) is 0.176. The number of rotatable bonds is 4. The Bertz CT molecular complexity index is 928. The third-order valence-corrected chi connectivity index (χ3v) is 5.63. The predicted molar refractivity (Wildman–Crippen MR) is 104 cm³/mol. The van der Waals surface area contributed by atoms with Gasteiger partial charge in [0.1, 0.15) is 12.1 Å². The van der Waals surface area contributed by atoms with Crippen LogP contribution in [-0.4, -0.2) is 41.2 Å². The van der Waals surface area contributed by atoms with E-state index >= 15 is 0 Å². The largest absolute Gasteiger partial charge is 0.340 e. The molecular formula is C22H23N3O3. The topological polar surface area (TPSA) is 69.7 Å². The van der Waals surface area contributed by atoms with Crippen molar-refractivity contribution in [1.82, 2.24) is 15.1 Å². The van der Waals surface area contributed by atoms with Gasteiger partial charge in [-0.05, 0) is 36.0 Å². The van der Waals surface area contributed by atoms with Crippen LogP contribution in [0.15, 0.2) is 54.6 Å². The van der Waals surface area contributed by atoms with E-state index < -0.39 is 11.6 Å². The van der Waals surface area contributed by atoms with E-state index in [0.717, 1.165) is 34.4 Å². The zero-order valence-electron chi connectivity index (χ0n) is 15.9. The molecule has 2 aliphatic rings. The molecule has 0 saturated carbocycles. The average Bonchev–Trinajstić information content (AvgIpc) is 2.94. The Morgan fingerprint density at radius 2 is 1.82 bits per heavy atom. The lowest BCUT2D eigenvalue weighted by molar-refractivity contribution is -0.139. The summed E-state index contributed by atoms with van der Waals surface area (Å²) in [4.78, 5) is 41.1.